The number of benzene rings is 1. The van der Waals surface area contributed by atoms with E-state index in [9.17, 15) is 0 Å². The van der Waals surface area contributed by atoms with E-state index >= 15 is 0 Å². The summed E-state index contributed by atoms with van der Waals surface area (Å²) in [6.45, 7) is 2.06. The second-order valence-corrected chi connectivity index (χ2v) is 4.50. The fraction of sp³-hybridized carbons (Fsp3) is 0.364. The van der Waals surface area contributed by atoms with Crippen LogP contribution >= 0.6 is 23.8 Å². The summed E-state index contributed by atoms with van der Waals surface area (Å²) in [4.78, 5) is 6.48. The van der Waals surface area contributed by atoms with Crippen LogP contribution in [-0.4, -0.2) is 17.1 Å². The third-order valence-electron chi connectivity index (χ3n) is 2.64. The Morgan fingerprint density at radius 2 is 2.07 bits per heavy atom. The maximum Gasteiger partial charge on any atom is 0.121 e. The van der Waals surface area contributed by atoms with Gasteiger partial charge in [0.1, 0.15) is 11.1 Å². The molecule has 80 valence electrons. The molecule has 0 saturated carbocycles. The molecule has 2 nitrogen and oxygen atoms in total. The molecule has 1 aliphatic heterocycles. The minimum atomic E-state index is -0.0591. The van der Waals surface area contributed by atoms with Gasteiger partial charge >= 0.3 is 0 Å². The fourth-order valence-corrected chi connectivity index (χ4v) is 2.17. The highest BCUT2D eigenvalue weighted by Gasteiger charge is 2.35. The molecule has 0 spiro atoms. The largest absolute Gasteiger partial charge is 0.264 e. The maximum absolute atomic E-state index is 6.12. The number of halogens is 1. The standard InChI is InChI=1S/C11H12ClNOS/c1-7-10(14-13(2)11(7)15)8-5-3-4-6-9(8)12/h3-7,10H,1-2H3/t7-,10-/m0/s1. The van der Waals surface area contributed by atoms with Crippen LogP contribution in [0, 0.1) is 5.92 Å². The van der Waals surface area contributed by atoms with Crippen molar-refractivity contribution in [2.75, 3.05) is 7.05 Å². The van der Waals surface area contributed by atoms with Crippen molar-refractivity contribution in [1.82, 2.24) is 5.06 Å². The number of hydrogen-bond donors (Lipinski definition) is 0. The lowest BCUT2D eigenvalue weighted by Crippen LogP contribution is -2.17. The van der Waals surface area contributed by atoms with Gasteiger partial charge in [-0.05, 0) is 6.07 Å². The van der Waals surface area contributed by atoms with Crippen molar-refractivity contribution in [2.45, 2.75) is 13.0 Å². The van der Waals surface area contributed by atoms with Crippen molar-refractivity contribution in [2.24, 2.45) is 5.92 Å². The van der Waals surface area contributed by atoms with Gasteiger partial charge in [-0.2, -0.15) is 0 Å². The predicted molar refractivity (Wildman–Crippen MR) is 64.8 cm³/mol. The van der Waals surface area contributed by atoms with Crippen molar-refractivity contribution in [3.8, 4) is 0 Å². The number of hydrogen-bond acceptors (Lipinski definition) is 2. The predicted octanol–water partition coefficient (Wildman–Crippen LogP) is 3.22. The number of nitrogens with zero attached hydrogens (tertiary/aromatic N) is 1. The van der Waals surface area contributed by atoms with Gasteiger partial charge < -0.3 is 0 Å². The van der Waals surface area contributed by atoms with Gasteiger partial charge in [0.15, 0.2) is 0 Å². The minimum absolute atomic E-state index is 0.0591. The Kier molecular flexibility index (Phi) is 2.96. The second-order valence-electron chi connectivity index (χ2n) is 3.67. The molecule has 1 aromatic rings. The van der Waals surface area contributed by atoms with E-state index in [1.165, 1.54) is 0 Å². The molecule has 1 heterocycles. The molecule has 2 atom stereocenters. The lowest BCUT2D eigenvalue weighted by molar-refractivity contribution is -0.104. The third-order valence-corrected chi connectivity index (χ3v) is 3.61. The van der Waals surface area contributed by atoms with Crippen LogP contribution in [0.1, 0.15) is 18.6 Å². The van der Waals surface area contributed by atoms with E-state index in [4.69, 9.17) is 28.7 Å². The smallest absolute Gasteiger partial charge is 0.121 e. The highest BCUT2D eigenvalue weighted by molar-refractivity contribution is 7.80. The molecule has 2 rings (SSSR count). The SMILES string of the molecule is C[C@@H]1C(=S)N(C)O[C@@H]1c1ccccc1Cl. The summed E-state index contributed by atoms with van der Waals surface area (Å²) in [6, 6.07) is 7.71. The molecular formula is C11H12ClNOS. The van der Waals surface area contributed by atoms with Crippen LogP contribution in [0.2, 0.25) is 5.02 Å². The van der Waals surface area contributed by atoms with E-state index < -0.39 is 0 Å². The Balaban J connectivity index is 2.34. The summed E-state index contributed by atoms with van der Waals surface area (Å²) in [5, 5.41) is 2.38. The maximum atomic E-state index is 6.12. The molecule has 0 bridgehead atoms. The zero-order chi connectivity index (χ0) is 11.0. The molecule has 0 amide bonds. The molecule has 15 heavy (non-hydrogen) atoms. The van der Waals surface area contributed by atoms with E-state index in [-0.39, 0.29) is 12.0 Å². The first-order valence-corrected chi connectivity index (χ1v) is 5.58. The normalized spacial score (nSPS) is 26.1. The van der Waals surface area contributed by atoms with Crippen molar-refractivity contribution >= 4 is 28.8 Å². The van der Waals surface area contributed by atoms with Crippen molar-refractivity contribution in [1.29, 1.82) is 0 Å². The van der Waals surface area contributed by atoms with Gasteiger partial charge in [0.25, 0.3) is 0 Å². The summed E-state index contributed by atoms with van der Waals surface area (Å²) in [7, 11) is 1.83. The Bertz CT molecular complexity index is 396. The van der Waals surface area contributed by atoms with Gasteiger partial charge in [0.05, 0.1) is 0 Å². The van der Waals surface area contributed by atoms with Gasteiger partial charge in [0.2, 0.25) is 0 Å². The van der Waals surface area contributed by atoms with E-state index in [2.05, 4.69) is 6.92 Å². The molecule has 0 aliphatic carbocycles. The first kappa shape index (κ1) is 10.9. The summed E-state index contributed by atoms with van der Waals surface area (Å²) in [5.74, 6) is 0.185. The fourth-order valence-electron chi connectivity index (χ4n) is 1.76. The number of hydroxylamine groups is 2. The molecular weight excluding hydrogens is 230 g/mol. The van der Waals surface area contributed by atoms with E-state index in [0.29, 0.717) is 0 Å². The van der Waals surface area contributed by atoms with Gasteiger partial charge in [-0.25, -0.2) is 5.06 Å². The van der Waals surface area contributed by atoms with Crippen LogP contribution < -0.4 is 0 Å². The minimum Gasteiger partial charge on any atom is -0.264 e. The zero-order valence-electron chi connectivity index (χ0n) is 8.61. The van der Waals surface area contributed by atoms with Gasteiger partial charge in [-0.3, -0.25) is 4.84 Å². The number of rotatable bonds is 1. The molecule has 1 aromatic carbocycles. The quantitative estimate of drug-likeness (QED) is 0.701. The Labute approximate surface area is 99.7 Å². The Morgan fingerprint density at radius 1 is 1.40 bits per heavy atom. The first-order chi connectivity index (χ1) is 7.11. The molecule has 0 unspecified atom stereocenters. The van der Waals surface area contributed by atoms with Gasteiger partial charge in [-0.1, -0.05) is 48.9 Å². The van der Waals surface area contributed by atoms with Crippen LogP contribution in [0.4, 0.5) is 0 Å². The van der Waals surface area contributed by atoms with Crippen molar-refractivity contribution < 1.29 is 4.84 Å². The van der Waals surface area contributed by atoms with Crippen molar-refractivity contribution in [3.63, 3.8) is 0 Å². The summed E-state index contributed by atoms with van der Waals surface area (Å²) in [6.07, 6.45) is -0.0591. The molecule has 0 aromatic heterocycles. The van der Waals surface area contributed by atoms with E-state index in [1.807, 2.05) is 31.3 Å². The highest BCUT2D eigenvalue weighted by atomic mass is 35.5. The van der Waals surface area contributed by atoms with Crippen molar-refractivity contribution in [3.05, 3.63) is 34.9 Å². The van der Waals surface area contributed by atoms with Crippen LogP contribution in [0.3, 0.4) is 0 Å². The topological polar surface area (TPSA) is 12.5 Å². The summed E-state index contributed by atoms with van der Waals surface area (Å²) < 4.78 is 0. The second kappa shape index (κ2) is 4.08. The van der Waals surface area contributed by atoms with Crippen LogP contribution in [-0.2, 0) is 4.84 Å². The molecule has 1 aliphatic rings. The number of thiocarbonyl (C=S) groups is 1. The van der Waals surface area contributed by atoms with Crippen LogP contribution in [0.25, 0.3) is 0 Å². The third kappa shape index (κ3) is 1.87. The monoisotopic (exact) mass is 241 g/mol. The first-order valence-electron chi connectivity index (χ1n) is 4.80. The molecule has 1 saturated heterocycles. The summed E-state index contributed by atoms with van der Waals surface area (Å²) >= 11 is 11.4. The van der Waals surface area contributed by atoms with Crippen LogP contribution in [0.5, 0.6) is 0 Å². The van der Waals surface area contributed by atoms with Gasteiger partial charge in [0, 0.05) is 23.6 Å². The average molecular weight is 242 g/mol. The Morgan fingerprint density at radius 3 is 2.60 bits per heavy atom. The molecule has 0 N–H and O–H groups in total. The molecule has 1 fully saturated rings. The molecule has 4 heteroatoms. The van der Waals surface area contributed by atoms with E-state index in [0.717, 1.165) is 15.6 Å². The zero-order valence-corrected chi connectivity index (χ0v) is 10.2. The van der Waals surface area contributed by atoms with Gasteiger partial charge in [-0.15, -0.1) is 0 Å². The lowest BCUT2D eigenvalue weighted by atomic mass is 9.98. The summed E-state index contributed by atoms with van der Waals surface area (Å²) in [5.41, 5.74) is 0.998. The lowest BCUT2D eigenvalue weighted by Gasteiger charge is -2.14. The Hall–Kier alpha value is -0.640. The molecule has 0 radical (unpaired) electrons. The average Bonchev–Trinajstić information content (AvgIpc) is 2.47. The van der Waals surface area contributed by atoms with E-state index in [1.54, 1.807) is 5.06 Å². The van der Waals surface area contributed by atoms with Crippen LogP contribution in [0.15, 0.2) is 24.3 Å². The highest BCUT2D eigenvalue weighted by Crippen LogP contribution is 2.37.